The van der Waals surface area contributed by atoms with Gasteiger partial charge in [-0.2, -0.15) is 4.98 Å². The molecule has 1 unspecified atom stereocenters. The van der Waals surface area contributed by atoms with Gasteiger partial charge in [-0.3, -0.25) is 9.78 Å². The van der Waals surface area contributed by atoms with Crippen molar-refractivity contribution >= 4 is 5.91 Å². The van der Waals surface area contributed by atoms with E-state index in [9.17, 15) is 9.90 Å². The van der Waals surface area contributed by atoms with Gasteiger partial charge < -0.3 is 14.5 Å². The molecule has 1 aliphatic rings. The van der Waals surface area contributed by atoms with Gasteiger partial charge in [0.05, 0.1) is 18.4 Å². The number of rotatable bonds is 4. The van der Waals surface area contributed by atoms with E-state index < -0.39 is 5.60 Å². The summed E-state index contributed by atoms with van der Waals surface area (Å²) in [5.41, 5.74) is 0.791. The zero-order valence-corrected chi connectivity index (χ0v) is 14.0. The summed E-state index contributed by atoms with van der Waals surface area (Å²) in [6.45, 7) is 4.59. The second-order valence-corrected chi connectivity index (χ2v) is 6.54. The minimum Gasteiger partial charge on any atom is -0.388 e. The quantitative estimate of drug-likeness (QED) is 0.906. The minimum atomic E-state index is -1.02. The Morgan fingerprint density at radius 3 is 2.92 bits per heavy atom. The first-order chi connectivity index (χ1) is 11.4. The molecule has 1 saturated heterocycles. The Hall–Kier alpha value is -2.28. The molecule has 2 aromatic rings. The van der Waals surface area contributed by atoms with Crippen LogP contribution in [0.3, 0.4) is 0 Å². The summed E-state index contributed by atoms with van der Waals surface area (Å²) in [5, 5.41) is 14.6. The second kappa shape index (κ2) is 6.68. The van der Waals surface area contributed by atoms with E-state index in [0.717, 1.165) is 17.7 Å². The molecule has 7 heteroatoms. The lowest BCUT2D eigenvalue weighted by atomic mass is 9.89. The number of amides is 1. The molecule has 0 radical (unpaired) electrons. The molecule has 0 aliphatic carbocycles. The van der Waals surface area contributed by atoms with Crippen LogP contribution in [-0.4, -0.2) is 49.7 Å². The van der Waals surface area contributed by atoms with Crippen molar-refractivity contribution in [2.45, 2.75) is 45.1 Å². The number of nitrogens with zero attached hydrogens (tertiary/aromatic N) is 4. The zero-order chi connectivity index (χ0) is 17.2. The summed E-state index contributed by atoms with van der Waals surface area (Å²) in [5.74, 6) is 0.955. The molecule has 3 rings (SSSR count). The second-order valence-electron chi connectivity index (χ2n) is 6.54. The van der Waals surface area contributed by atoms with Gasteiger partial charge >= 0.3 is 0 Å². The number of aromatic nitrogens is 3. The van der Waals surface area contributed by atoms with Crippen LogP contribution in [0.1, 0.15) is 35.8 Å². The maximum Gasteiger partial charge on any atom is 0.229 e. The fourth-order valence-corrected chi connectivity index (χ4v) is 3.05. The molecule has 1 aliphatic heterocycles. The zero-order valence-electron chi connectivity index (χ0n) is 14.0. The topological polar surface area (TPSA) is 92.4 Å². The highest BCUT2D eigenvalue weighted by atomic mass is 16.5. The molecule has 2 aromatic heterocycles. The van der Waals surface area contributed by atoms with Crippen LogP contribution in [0.5, 0.6) is 0 Å². The molecule has 3 heterocycles. The van der Waals surface area contributed by atoms with E-state index in [1.165, 1.54) is 0 Å². The number of hydrogen-bond donors (Lipinski definition) is 1. The van der Waals surface area contributed by atoms with Crippen LogP contribution in [0, 0.1) is 13.8 Å². The fourth-order valence-electron chi connectivity index (χ4n) is 3.05. The molecule has 1 atom stereocenters. The largest absolute Gasteiger partial charge is 0.388 e. The molecular weight excluding hydrogens is 308 g/mol. The van der Waals surface area contributed by atoms with Crippen LogP contribution >= 0.6 is 0 Å². The number of hydrogen-bond acceptors (Lipinski definition) is 6. The van der Waals surface area contributed by atoms with E-state index in [0.29, 0.717) is 31.1 Å². The first-order valence-corrected chi connectivity index (χ1v) is 8.14. The Balaban J connectivity index is 1.63. The minimum absolute atomic E-state index is 0.000452. The first kappa shape index (κ1) is 16.6. The van der Waals surface area contributed by atoms with E-state index in [2.05, 4.69) is 15.1 Å². The fraction of sp³-hybridized carbons (Fsp3) is 0.529. The average Bonchev–Trinajstić information content (AvgIpc) is 2.94. The molecule has 1 amide bonds. The summed E-state index contributed by atoms with van der Waals surface area (Å²) in [6.07, 6.45) is 3.66. The smallest absolute Gasteiger partial charge is 0.229 e. The molecule has 128 valence electrons. The normalized spacial score (nSPS) is 21.0. The SMILES string of the molecule is Cc1ccc(CC(=O)N2CCCC(O)(Cc3nc(C)no3)C2)cn1. The maximum atomic E-state index is 12.5. The van der Waals surface area contributed by atoms with Crippen molar-refractivity contribution in [1.29, 1.82) is 0 Å². The average molecular weight is 330 g/mol. The molecule has 1 fully saturated rings. The van der Waals surface area contributed by atoms with Crippen molar-refractivity contribution in [2.24, 2.45) is 0 Å². The van der Waals surface area contributed by atoms with E-state index >= 15 is 0 Å². The van der Waals surface area contributed by atoms with Gasteiger partial charge in [0, 0.05) is 25.0 Å². The predicted octanol–water partition coefficient (Wildman–Crippen LogP) is 1.22. The van der Waals surface area contributed by atoms with Gasteiger partial charge in [0.15, 0.2) is 5.82 Å². The van der Waals surface area contributed by atoms with E-state index in [1.54, 1.807) is 18.0 Å². The highest BCUT2D eigenvalue weighted by Crippen LogP contribution is 2.25. The lowest BCUT2D eigenvalue weighted by Gasteiger charge is -2.38. The number of pyridine rings is 1. The standard InChI is InChI=1S/C17H22N4O3/c1-12-4-5-14(10-18-12)8-16(22)21-7-3-6-17(23,11-21)9-15-19-13(2)20-24-15/h4-5,10,23H,3,6-9,11H2,1-2H3. The molecule has 0 spiro atoms. The molecule has 7 nitrogen and oxygen atoms in total. The van der Waals surface area contributed by atoms with Gasteiger partial charge in [-0.15, -0.1) is 0 Å². The Labute approximate surface area is 140 Å². The third-order valence-electron chi connectivity index (χ3n) is 4.29. The van der Waals surface area contributed by atoms with Crippen molar-refractivity contribution in [3.8, 4) is 0 Å². The lowest BCUT2D eigenvalue weighted by molar-refractivity contribution is -0.137. The predicted molar refractivity (Wildman–Crippen MR) is 86.2 cm³/mol. The molecule has 1 N–H and O–H groups in total. The van der Waals surface area contributed by atoms with Crippen molar-refractivity contribution in [1.82, 2.24) is 20.0 Å². The molecule has 0 saturated carbocycles. The molecular formula is C17H22N4O3. The van der Waals surface area contributed by atoms with Crippen LogP contribution in [0.25, 0.3) is 0 Å². The van der Waals surface area contributed by atoms with Crippen LogP contribution in [0.4, 0.5) is 0 Å². The van der Waals surface area contributed by atoms with Crippen molar-refractivity contribution in [3.05, 3.63) is 41.3 Å². The van der Waals surface area contributed by atoms with Crippen molar-refractivity contribution < 1.29 is 14.4 Å². The number of β-amino-alcohol motifs (C(OH)–C–C–N with tert-alkyl or cyclic N) is 1. The highest BCUT2D eigenvalue weighted by Gasteiger charge is 2.36. The third kappa shape index (κ3) is 3.97. The summed E-state index contributed by atoms with van der Waals surface area (Å²) >= 11 is 0. The van der Waals surface area contributed by atoms with E-state index in [1.807, 2.05) is 19.1 Å². The van der Waals surface area contributed by atoms with Crippen LogP contribution < -0.4 is 0 Å². The Morgan fingerprint density at radius 1 is 1.42 bits per heavy atom. The van der Waals surface area contributed by atoms with E-state index in [-0.39, 0.29) is 18.9 Å². The van der Waals surface area contributed by atoms with E-state index in [4.69, 9.17) is 4.52 Å². The van der Waals surface area contributed by atoms with Gasteiger partial charge in [0.25, 0.3) is 0 Å². The summed E-state index contributed by atoms with van der Waals surface area (Å²) in [4.78, 5) is 22.6. The maximum absolute atomic E-state index is 12.5. The monoisotopic (exact) mass is 330 g/mol. The van der Waals surface area contributed by atoms with Gasteiger partial charge in [0.2, 0.25) is 11.8 Å². The Bertz CT molecular complexity index is 713. The van der Waals surface area contributed by atoms with Gasteiger partial charge in [-0.05, 0) is 38.3 Å². The van der Waals surface area contributed by atoms with Crippen LogP contribution in [0.2, 0.25) is 0 Å². The number of aliphatic hydroxyl groups is 1. The van der Waals surface area contributed by atoms with Crippen molar-refractivity contribution in [2.75, 3.05) is 13.1 Å². The number of piperidine rings is 1. The third-order valence-corrected chi connectivity index (χ3v) is 4.29. The first-order valence-electron chi connectivity index (χ1n) is 8.14. The van der Waals surface area contributed by atoms with Crippen LogP contribution in [0.15, 0.2) is 22.9 Å². The Kier molecular flexibility index (Phi) is 4.62. The molecule has 24 heavy (non-hydrogen) atoms. The molecule has 0 aromatic carbocycles. The number of carbonyl (C=O) groups is 1. The number of likely N-dealkylation sites (tertiary alicyclic amines) is 1. The number of aryl methyl sites for hydroxylation is 2. The highest BCUT2D eigenvalue weighted by molar-refractivity contribution is 5.78. The Morgan fingerprint density at radius 2 is 2.25 bits per heavy atom. The molecule has 0 bridgehead atoms. The summed E-state index contributed by atoms with van der Waals surface area (Å²) < 4.78 is 5.10. The van der Waals surface area contributed by atoms with Crippen LogP contribution in [-0.2, 0) is 17.6 Å². The van der Waals surface area contributed by atoms with Gasteiger partial charge in [0.1, 0.15) is 0 Å². The number of carbonyl (C=O) groups excluding carboxylic acids is 1. The summed E-state index contributed by atoms with van der Waals surface area (Å²) in [7, 11) is 0. The van der Waals surface area contributed by atoms with Crippen molar-refractivity contribution in [3.63, 3.8) is 0 Å². The van der Waals surface area contributed by atoms with Gasteiger partial charge in [-0.25, -0.2) is 0 Å². The lowest BCUT2D eigenvalue weighted by Crippen LogP contribution is -2.51. The van der Waals surface area contributed by atoms with Gasteiger partial charge in [-0.1, -0.05) is 11.2 Å². The summed E-state index contributed by atoms with van der Waals surface area (Å²) in [6, 6.07) is 3.81.